The number of rotatable bonds is 4. The lowest BCUT2D eigenvalue weighted by Gasteiger charge is -2.45. The summed E-state index contributed by atoms with van der Waals surface area (Å²) in [6, 6.07) is 12.5. The van der Waals surface area contributed by atoms with Crippen LogP contribution in [0.3, 0.4) is 0 Å². The number of likely N-dealkylation sites (tertiary alicyclic amines) is 1. The van der Waals surface area contributed by atoms with Crippen LogP contribution in [0.5, 0.6) is 5.75 Å². The summed E-state index contributed by atoms with van der Waals surface area (Å²) in [5.41, 5.74) is 4.77. The second kappa shape index (κ2) is 7.78. The molecule has 0 saturated carbocycles. The zero-order valence-electron chi connectivity index (χ0n) is 19.6. The highest BCUT2D eigenvalue weighted by atomic mass is 32.1. The average molecular weight is 486 g/mol. The van der Waals surface area contributed by atoms with Crippen LogP contribution in [0.25, 0.3) is 33.1 Å². The fourth-order valence-corrected chi connectivity index (χ4v) is 5.77. The second-order valence-electron chi connectivity index (χ2n) is 9.08. The van der Waals surface area contributed by atoms with Gasteiger partial charge in [-0.05, 0) is 53.8 Å². The Bertz CT molecular complexity index is 1510. The monoisotopic (exact) mass is 485 g/mol. The molecular formula is C25H23N7O2S. The summed E-state index contributed by atoms with van der Waals surface area (Å²) in [7, 11) is 3.37. The zero-order valence-corrected chi connectivity index (χ0v) is 20.5. The van der Waals surface area contributed by atoms with Crippen LogP contribution in [-0.4, -0.2) is 54.8 Å². The molecule has 2 aliphatic heterocycles. The average Bonchev–Trinajstić information content (AvgIpc) is 3.61. The van der Waals surface area contributed by atoms with Crippen LogP contribution >= 0.6 is 11.3 Å². The molecule has 2 aliphatic rings. The van der Waals surface area contributed by atoms with E-state index in [2.05, 4.69) is 32.1 Å². The van der Waals surface area contributed by atoms with Crippen molar-refractivity contribution < 1.29 is 9.53 Å². The summed E-state index contributed by atoms with van der Waals surface area (Å²) in [5.74, 6) is 1.07. The molecule has 1 saturated heterocycles. The normalized spacial score (nSPS) is 18.4. The third kappa shape index (κ3) is 3.19. The van der Waals surface area contributed by atoms with Gasteiger partial charge in [-0.1, -0.05) is 6.07 Å². The van der Waals surface area contributed by atoms with E-state index < -0.39 is 5.54 Å². The van der Waals surface area contributed by atoms with Crippen molar-refractivity contribution in [3.8, 4) is 44.9 Å². The minimum absolute atomic E-state index is 0.0999. The maximum absolute atomic E-state index is 13.7. The van der Waals surface area contributed by atoms with Gasteiger partial charge in [-0.3, -0.25) is 4.79 Å². The Balaban J connectivity index is 1.56. The molecule has 0 radical (unpaired) electrons. The number of aryl methyl sites for hydroxylation is 2. The highest BCUT2D eigenvalue weighted by Gasteiger charge is 2.45. The standard InChI is InChI=1S/C25H23N7O2S/c1-25(14-26)7-9-32(25)24(33)19-13-18(21-5-4-10-35-21)22-16-12-17(23-27-29-30(2)28-23)20(34-3)11-15(16)6-8-31(19)22/h4-5,10-13H,6-9H2,1-3H3/t25-/m1/s1. The first-order chi connectivity index (χ1) is 16.9. The van der Waals surface area contributed by atoms with Gasteiger partial charge in [0.1, 0.15) is 17.0 Å². The molecule has 3 aromatic heterocycles. The summed E-state index contributed by atoms with van der Waals surface area (Å²) < 4.78 is 7.79. The highest BCUT2D eigenvalue weighted by Crippen LogP contribution is 2.45. The number of carbonyl (C=O) groups is 1. The molecule has 1 amide bonds. The van der Waals surface area contributed by atoms with E-state index in [1.54, 1.807) is 30.4 Å². The van der Waals surface area contributed by atoms with Crippen LogP contribution in [0.4, 0.5) is 0 Å². The summed E-state index contributed by atoms with van der Waals surface area (Å²) in [4.78, 5) is 17.9. The van der Waals surface area contributed by atoms with Gasteiger partial charge in [0.25, 0.3) is 5.91 Å². The largest absolute Gasteiger partial charge is 0.496 e. The number of methoxy groups -OCH3 is 1. The first-order valence-electron chi connectivity index (χ1n) is 11.4. The van der Waals surface area contributed by atoms with Gasteiger partial charge in [-0.2, -0.15) is 10.1 Å². The van der Waals surface area contributed by atoms with Crippen molar-refractivity contribution in [2.24, 2.45) is 7.05 Å². The van der Waals surface area contributed by atoms with Gasteiger partial charge in [-0.25, -0.2) is 0 Å². The molecule has 0 unspecified atom stereocenters. The quantitative estimate of drug-likeness (QED) is 0.436. The summed E-state index contributed by atoms with van der Waals surface area (Å²) >= 11 is 1.64. The van der Waals surface area contributed by atoms with Crippen molar-refractivity contribution in [1.29, 1.82) is 5.26 Å². The Morgan fingerprint density at radius 1 is 1.23 bits per heavy atom. The Kier molecular flexibility index (Phi) is 4.79. The van der Waals surface area contributed by atoms with Crippen molar-refractivity contribution in [2.75, 3.05) is 13.7 Å². The third-order valence-electron chi connectivity index (χ3n) is 7.04. The molecule has 1 fully saturated rings. The van der Waals surface area contributed by atoms with Crippen molar-refractivity contribution in [3.05, 3.63) is 47.0 Å². The number of tetrazole rings is 1. The predicted octanol–water partition coefficient (Wildman–Crippen LogP) is 3.77. The van der Waals surface area contributed by atoms with Crippen LogP contribution in [0, 0.1) is 11.3 Å². The molecule has 10 heteroatoms. The van der Waals surface area contributed by atoms with Crippen LogP contribution in [0.15, 0.2) is 35.7 Å². The van der Waals surface area contributed by atoms with E-state index in [9.17, 15) is 10.1 Å². The third-order valence-corrected chi connectivity index (χ3v) is 7.94. The number of benzene rings is 1. The van der Waals surface area contributed by atoms with E-state index in [0.29, 0.717) is 36.8 Å². The molecule has 0 aliphatic carbocycles. The van der Waals surface area contributed by atoms with E-state index >= 15 is 0 Å². The van der Waals surface area contributed by atoms with Crippen LogP contribution in [0.1, 0.15) is 29.4 Å². The van der Waals surface area contributed by atoms with E-state index in [1.807, 2.05) is 36.6 Å². The second-order valence-corrected chi connectivity index (χ2v) is 10.0. The van der Waals surface area contributed by atoms with Gasteiger partial charge in [0.15, 0.2) is 0 Å². The van der Waals surface area contributed by atoms with Crippen molar-refractivity contribution in [3.63, 3.8) is 0 Å². The number of hydrogen-bond acceptors (Lipinski definition) is 7. The molecule has 5 heterocycles. The number of nitriles is 1. The molecule has 0 spiro atoms. The van der Waals surface area contributed by atoms with Gasteiger partial charge in [0.05, 0.1) is 31.5 Å². The molecule has 35 heavy (non-hydrogen) atoms. The molecule has 0 N–H and O–H groups in total. The number of ether oxygens (including phenoxy) is 1. The Morgan fingerprint density at radius 2 is 2.09 bits per heavy atom. The van der Waals surface area contributed by atoms with Crippen molar-refractivity contribution in [2.45, 2.75) is 31.8 Å². The van der Waals surface area contributed by atoms with Crippen LogP contribution in [0.2, 0.25) is 0 Å². The molecular weight excluding hydrogens is 462 g/mol. The topological polar surface area (TPSA) is 102 Å². The maximum atomic E-state index is 13.7. The maximum Gasteiger partial charge on any atom is 0.271 e. The number of fused-ring (bicyclic) bond motifs is 3. The van der Waals surface area contributed by atoms with Crippen molar-refractivity contribution >= 4 is 17.2 Å². The molecule has 9 nitrogen and oxygen atoms in total. The first kappa shape index (κ1) is 21.6. The number of aromatic nitrogens is 5. The number of amides is 1. The van der Waals surface area contributed by atoms with Crippen LogP contribution < -0.4 is 4.74 Å². The fraction of sp³-hybridized carbons (Fsp3) is 0.320. The minimum atomic E-state index is -0.754. The van der Waals surface area contributed by atoms with Crippen molar-refractivity contribution in [1.82, 2.24) is 29.7 Å². The number of thiophene rings is 1. The summed E-state index contributed by atoms with van der Waals surface area (Å²) in [5, 5.41) is 24.3. The molecule has 1 atom stereocenters. The minimum Gasteiger partial charge on any atom is -0.496 e. The van der Waals surface area contributed by atoms with E-state index in [1.165, 1.54) is 4.80 Å². The summed E-state index contributed by atoms with van der Waals surface area (Å²) in [6.07, 6.45) is 1.44. The Hall–Kier alpha value is -3.97. The number of carbonyl (C=O) groups excluding carboxylic acids is 1. The Morgan fingerprint density at radius 3 is 2.71 bits per heavy atom. The van der Waals surface area contributed by atoms with Gasteiger partial charge < -0.3 is 14.2 Å². The van der Waals surface area contributed by atoms with E-state index in [0.717, 1.165) is 39.2 Å². The molecule has 1 aromatic carbocycles. The van der Waals surface area contributed by atoms with Crippen LogP contribution in [-0.2, 0) is 20.0 Å². The Labute approximate surface area is 206 Å². The first-order valence-corrected chi connectivity index (χ1v) is 12.3. The number of hydrogen-bond donors (Lipinski definition) is 0. The summed E-state index contributed by atoms with van der Waals surface area (Å²) in [6.45, 7) is 3.09. The van der Waals surface area contributed by atoms with E-state index in [4.69, 9.17) is 4.74 Å². The fourth-order valence-electron chi connectivity index (χ4n) is 5.02. The van der Waals surface area contributed by atoms with Gasteiger partial charge in [-0.15, -0.1) is 21.5 Å². The van der Waals surface area contributed by atoms with Gasteiger partial charge >= 0.3 is 0 Å². The van der Waals surface area contributed by atoms with E-state index in [-0.39, 0.29) is 5.91 Å². The van der Waals surface area contributed by atoms with Gasteiger partial charge in [0, 0.05) is 35.5 Å². The van der Waals surface area contributed by atoms with Gasteiger partial charge in [0.2, 0.25) is 5.82 Å². The molecule has 6 rings (SSSR count). The lowest BCUT2D eigenvalue weighted by atomic mass is 9.88. The lowest BCUT2D eigenvalue weighted by molar-refractivity contribution is 0.0294. The smallest absolute Gasteiger partial charge is 0.271 e. The SMILES string of the molecule is COc1cc2c(cc1-c1nnn(C)n1)-c1c(-c3cccs3)cc(C(=O)N3CC[C@]3(C)C#N)n1CC2. The lowest BCUT2D eigenvalue weighted by Crippen LogP contribution is -2.59. The molecule has 176 valence electrons. The molecule has 4 aromatic rings. The predicted molar refractivity (Wildman–Crippen MR) is 131 cm³/mol. The number of nitrogens with zero attached hydrogens (tertiary/aromatic N) is 7. The zero-order chi connectivity index (χ0) is 24.3. The molecule has 0 bridgehead atoms. The highest BCUT2D eigenvalue weighted by molar-refractivity contribution is 7.13.